The monoisotopic (exact) mass is 1120 g/mol. The maximum absolute atomic E-state index is 16.1. The Kier molecular flexibility index (Phi) is 15.3. The second kappa shape index (κ2) is 22.8. The highest BCUT2D eigenvalue weighted by Crippen LogP contribution is 2.53. The van der Waals surface area contributed by atoms with Crippen LogP contribution in [0.25, 0.3) is 54.6 Å². The van der Waals surface area contributed by atoms with Crippen LogP contribution in [0.3, 0.4) is 0 Å². The van der Waals surface area contributed by atoms with E-state index in [-0.39, 0.29) is 67.7 Å². The highest BCUT2D eigenvalue weighted by molar-refractivity contribution is 7.13. The molecule has 5 N–H and O–H groups in total. The standard InChI is InChI=1S/C60H67FN12O7S/c1-32(2)54(59(77)72-25-42(75)20-50(72)58(76)65-49(27-74)39-12-14-40(15-13-39)56-34(4)63-31-81-56)73-26-48(69-70-73)38-8-6-35(7-9-38)29-79-55-52(51-33(3)46(61)22-47-45(51)24-64-68-47)43(37-10-11-37)21-44-53(55)66-60(80-30-36-17-19-78-28-36)67-57(44)71(5)41-16-18-62-23-41/h6-9,12-15,21-22,24,26,31-32,36-37,41-42,49-50,54,62,74-75H,10-11,16-20,23,25,27-30H2,1-5H3,(H,64,68)(H,65,76)/t36-,41+,42-,49+,50+,54+/m1/s1. The quantitative estimate of drug-likeness (QED) is 0.0517. The molecule has 4 aromatic heterocycles. The second-order valence-electron chi connectivity index (χ2n) is 22.4. The summed E-state index contributed by atoms with van der Waals surface area (Å²) in [5.41, 5.74) is 10.6. The number of thiazole rings is 1. The van der Waals surface area contributed by atoms with Gasteiger partial charge in [-0.15, -0.1) is 16.4 Å². The number of rotatable bonds is 19. The zero-order valence-electron chi connectivity index (χ0n) is 46.1. The fourth-order valence-electron chi connectivity index (χ4n) is 11.8. The van der Waals surface area contributed by atoms with Gasteiger partial charge in [0.15, 0.2) is 5.75 Å². The zero-order valence-corrected chi connectivity index (χ0v) is 46.9. The molecule has 0 radical (unpaired) electrons. The van der Waals surface area contributed by atoms with Crippen molar-refractivity contribution in [3.8, 4) is 44.6 Å². The van der Waals surface area contributed by atoms with Gasteiger partial charge in [-0.2, -0.15) is 15.1 Å². The van der Waals surface area contributed by atoms with Crippen LogP contribution in [0.4, 0.5) is 10.2 Å². The minimum atomic E-state index is -0.979. The SMILES string of the molecule is Cc1ncsc1-c1ccc([C@H](CO)NC(=O)[C@@H]2C[C@@H](O)CN2C(=O)[C@H](C(C)C)n2cc(-c3ccc(COc4c(-c5c(C)c(F)cc6[nH]ncc56)c(C5CC5)cc5c(N(C)[C@H]6CCNC6)nc(OC[C@@H]6CCOC6)nc45)cc3)nn2)cc1. The molecule has 0 spiro atoms. The fourth-order valence-corrected chi connectivity index (χ4v) is 12.6. The number of carbonyl (C=O) groups excluding carboxylic acids is 2. The lowest BCUT2D eigenvalue weighted by atomic mass is 9.88. The molecule has 4 aliphatic rings. The van der Waals surface area contributed by atoms with E-state index in [0.717, 1.165) is 93.8 Å². The molecule has 8 aromatic rings. The van der Waals surface area contributed by atoms with Crippen LogP contribution < -0.4 is 25.0 Å². The first-order valence-corrected chi connectivity index (χ1v) is 28.9. The second-order valence-corrected chi connectivity index (χ2v) is 23.3. The minimum Gasteiger partial charge on any atom is -0.486 e. The van der Waals surface area contributed by atoms with Crippen molar-refractivity contribution in [3.05, 3.63) is 112 Å². The largest absolute Gasteiger partial charge is 0.486 e. The number of halogens is 1. The normalized spacial score (nSPS) is 19.9. The number of carbonyl (C=O) groups is 2. The predicted octanol–water partition coefficient (Wildman–Crippen LogP) is 7.99. The van der Waals surface area contributed by atoms with Crippen molar-refractivity contribution in [2.75, 3.05) is 58.0 Å². The van der Waals surface area contributed by atoms with Gasteiger partial charge in [-0.3, -0.25) is 14.7 Å². The van der Waals surface area contributed by atoms with E-state index in [1.807, 2.05) is 69.3 Å². The topological polar surface area (TPSA) is 231 Å². The number of H-pyrrole nitrogens is 1. The Bertz CT molecular complexity index is 3590. The number of likely N-dealkylation sites (N-methyl/N-ethyl adjacent to an activating group) is 1. The summed E-state index contributed by atoms with van der Waals surface area (Å²) in [6.07, 6.45) is 6.37. The molecule has 6 atom stereocenters. The van der Waals surface area contributed by atoms with E-state index in [1.165, 1.54) is 15.6 Å². The number of aryl methyl sites for hydroxylation is 1. The first kappa shape index (κ1) is 54.2. The van der Waals surface area contributed by atoms with Crippen LogP contribution >= 0.6 is 11.3 Å². The average Bonchev–Trinajstić information content (AvgIpc) is 4.30. The molecule has 7 heterocycles. The lowest BCUT2D eigenvalue weighted by molar-refractivity contribution is -0.142. The first-order valence-electron chi connectivity index (χ1n) is 28.0. The number of nitrogens with zero attached hydrogens (tertiary/aromatic N) is 9. The molecule has 19 nitrogen and oxygen atoms in total. The molecule has 3 saturated heterocycles. The molecule has 12 rings (SSSR count). The Labute approximate surface area is 472 Å². The van der Waals surface area contributed by atoms with Crippen molar-refractivity contribution in [2.45, 2.75) is 103 Å². The molecule has 422 valence electrons. The van der Waals surface area contributed by atoms with Crippen molar-refractivity contribution in [1.82, 2.24) is 55.7 Å². The highest BCUT2D eigenvalue weighted by atomic mass is 32.1. The van der Waals surface area contributed by atoms with E-state index >= 15 is 4.39 Å². The minimum absolute atomic E-state index is 0.0376. The Hall–Kier alpha value is -7.43. The van der Waals surface area contributed by atoms with Crippen LogP contribution in [0.5, 0.6) is 11.8 Å². The summed E-state index contributed by atoms with van der Waals surface area (Å²) in [4.78, 5) is 48.0. The molecule has 0 unspecified atom stereocenters. The van der Waals surface area contributed by atoms with E-state index in [0.29, 0.717) is 59.0 Å². The summed E-state index contributed by atoms with van der Waals surface area (Å²) in [6.45, 7) is 10.7. The number of aliphatic hydroxyl groups is 2. The van der Waals surface area contributed by atoms with Gasteiger partial charge in [0.25, 0.3) is 0 Å². The van der Waals surface area contributed by atoms with Crippen LogP contribution in [-0.4, -0.2) is 138 Å². The van der Waals surface area contributed by atoms with Gasteiger partial charge in [0.1, 0.15) is 41.5 Å². The summed E-state index contributed by atoms with van der Waals surface area (Å²) >= 11 is 1.54. The molecule has 3 aliphatic heterocycles. The number of benzene rings is 4. The molecule has 2 amide bonds. The van der Waals surface area contributed by atoms with Crippen LogP contribution in [0.15, 0.2) is 78.6 Å². The summed E-state index contributed by atoms with van der Waals surface area (Å²) in [7, 11) is 2.07. The third-order valence-corrected chi connectivity index (χ3v) is 17.5. The van der Waals surface area contributed by atoms with Crippen LogP contribution in [0.2, 0.25) is 0 Å². The maximum Gasteiger partial charge on any atom is 0.319 e. The summed E-state index contributed by atoms with van der Waals surface area (Å²) < 4.78 is 36.9. The molecule has 81 heavy (non-hydrogen) atoms. The van der Waals surface area contributed by atoms with E-state index < -0.39 is 30.1 Å². The van der Waals surface area contributed by atoms with Gasteiger partial charge in [0.2, 0.25) is 11.8 Å². The molecule has 1 saturated carbocycles. The molecule has 1 aliphatic carbocycles. The van der Waals surface area contributed by atoms with E-state index in [2.05, 4.69) is 54.1 Å². The summed E-state index contributed by atoms with van der Waals surface area (Å²) in [6, 6.07) is 16.9. The molecule has 21 heteroatoms. The number of ether oxygens (including phenoxy) is 3. The number of likely N-dealkylation sites (tertiary alicyclic amines) is 1. The zero-order chi connectivity index (χ0) is 56.1. The number of nitrogens with one attached hydrogen (secondary N) is 3. The molecular weight excluding hydrogens is 1050 g/mol. The first-order chi connectivity index (χ1) is 39.3. The predicted molar refractivity (Wildman–Crippen MR) is 305 cm³/mol. The molecule has 0 bridgehead atoms. The number of anilines is 1. The number of hydrogen-bond acceptors (Lipinski definition) is 16. The Balaban J connectivity index is 0.823. The number of aromatic nitrogens is 8. The van der Waals surface area contributed by atoms with Crippen LogP contribution in [0.1, 0.15) is 91.9 Å². The van der Waals surface area contributed by atoms with Gasteiger partial charge in [0, 0.05) is 72.6 Å². The molecule has 4 fully saturated rings. The maximum atomic E-state index is 16.1. The third-order valence-electron chi connectivity index (χ3n) is 16.5. The van der Waals surface area contributed by atoms with Gasteiger partial charge < -0.3 is 44.9 Å². The fraction of sp³-hybridized carbons (Fsp3) is 0.433. The number of aliphatic hydroxyl groups excluding tert-OH is 2. The Morgan fingerprint density at radius 1 is 1.00 bits per heavy atom. The Morgan fingerprint density at radius 2 is 1.80 bits per heavy atom. The summed E-state index contributed by atoms with van der Waals surface area (Å²) in [5.74, 6) is 0.180. The number of hydrogen-bond donors (Lipinski definition) is 5. The number of amides is 2. The number of fused-ring (bicyclic) bond motifs is 2. The Morgan fingerprint density at radius 3 is 2.51 bits per heavy atom. The van der Waals surface area contributed by atoms with E-state index in [4.69, 9.17) is 24.2 Å². The van der Waals surface area contributed by atoms with E-state index in [9.17, 15) is 19.8 Å². The lowest BCUT2D eigenvalue weighted by Gasteiger charge is -2.30. The smallest absolute Gasteiger partial charge is 0.319 e. The van der Waals surface area contributed by atoms with Crippen LogP contribution in [-0.2, 0) is 20.9 Å². The van der Waals surface area contributed by atoms with Gasteiger partial charge in [0.05, 0.1) is 66.0 Å². The average molecular weight is 1120 g/mol. The van der Waals surface area contributed by atoms with Gasteiger partial charge in [-0.05, 0) is 97.9 Å². The third kappa shape index (κ3) is 10.8. The van der Waals surface area contributed by atoms with Gasteiger partial charge in [-0.1, -0.05) is 67.6 Å². The van der Waals surface area contributed by atoms with Crippen molar-refractivity contribution < 1.29 is 38.4 Å². The van der Waals surface area contributed by atoms with Crippen molar-refractivity contribution in [3.63, 3.8) is 0 Å². The van der Waals surface area contributed by atoms with Crippen molar-refractivity contribution in [2.24, 2.45) is 11.8 Å². The molecule has 4 aromatic carbocycles. The lowest BCUT2D eigenvalue weighted by Crippen LogP contribution is -2.50. The van der Waals surface area contributed by atoms with Crippen molar-refractivity contribution in [1.29, 1.82) is 0 Å². The number of β-amino-alcohol motifs (C(OH)–C–C–N with tert-alkyl or cyclic N) is 1. The number of aromatic amines is 1. The van der Waals surface area contributed by atoms with Crippen molar-refractivity contribution >= 4 is 50.8 Å². The van der Waals surface area contributed by atoms with E-state index in [1.54, 1.807) is 36.2 Å². The van der Waals surface area contributed by atoms with Gasteiger partial charge >= 0.3 is 6.01 Å². The van der Waals surface area contributed by atoms with Crippen LogP contribution in [0, 0.1) is 31.5 Å². The van der Waals surface area contributed by atoms with Gasteiger partial charge in [-0.25, -0.2) is 14.1 Å². The molecular formula is C60H67FN12O7S. The summed E-state index contributed by atoms with van der Waals surface area (Å²) in [5, 5.41) is 45.7. The highest BCUT2D eigenvalue weighted by Gasteiger charge is 2.43.